The number of aryl methyl sites for hydroxylation is 1. The lowest BCUT2D eigenvalue weighted by atomic mass is 9.78. The molecule has 1 amide bonds. The van der Waals surface area contributed by atoms with Crippen molar-refractivity contribution in [1.29, 1.82) is 0 Å². The van der Waals surface area contributed by atoms with Gasteiger partial charge >= 0.3 is 0 Å². The molecule has 4 heteroatoms. The van der Waals surface area contributed by atoms with Gasteiger partial charge in [-0.2, -0.15) is 0 Å². The second kappa shape index (κ2) is 6.37. The number of amides is 1. The van der Waals surface area contributed by atoms with Crippen LogP contribution < -0.4 is 5.73 Å². The van der Waals surface area contributed by atoms with E-state index in [1.165, 1.54) is 18.4 Å². The highest BCUT2D eigenvalue weighted by atomic mass is 35.5. The largest absolute Gasteiger partial charge is 0.338 e. The van der Waals surface area contributed by atoms with Gasteiger partial charge in [-0.25, -0.2) is 0 Å². The number of hydrogen-bond donors (Lipinski definition) is 1. The molecule has 3 atom stereocenters. The highest BCUT2D eigenvalue weighted by Gasteiger charge is 2.40. The monoisotopic (exact) mass is 308 g/mol. The molecule has 2 aliphatic rings. The molecule has 3 rings (SSSR count). The first kappa shape index (κ1) is 16.3. The van der Waals surface area contributed by atoms with E-state index in [0.717, 1.165) is 30.6 Å². The standard InChI is InChI=1S/C17H24N2O.ClH/c1-11-5-3-7-14(12(11)2)17(20)19-9-13-6-4-8-16(18)15(13)10-19;/h3,5,7,13,15-16H,4,6,8-10,18H2,1-2H3;1H. The fourth-order valence-electron chi connectivity index (χ4n) is 3.84. The van der Waals surface area contributed by atoms with Crippen LogP contribution in [0, 0.1) is 25.7 Å². The molecule has 3 unspecified atom stereocenters. The van der Waals surface area contributed by atoms with Gasteiger partial charge in [0.2, 0.25) is 0 Å². The molecule has 1 heterocycles. The first-order valence-electron chi connectivity index (χ1n) is 7.69. The number of hydrogen-bond acceptors (Lipinski definition) is 2. The van der Waals surface area contributed by atoms with Crippen molar-refractivity contribution in [3.8, 4) is 0 Å². The number of halogens is 1. The summed E-state index contributed by atoms with van der Waals surface area (Å²) in [6, 6.07) is 6.27. The lowest BCUT2D eigenvalue weighted by Crippen LogP contribution is -2.38. The van der Waals surface area contributed by atoms with E-state index < -0.39 is 0 Å². The predicted octanol–water partition coefficient (Wildman–Crippen LogP) is 2.92. The maximum absolute atomic E-state index is 12.8. The molecule has 3 nitrogen and oxygen atoms in total. The van der Waals surface area contributed by atoms with Crippen molar-refractivity contribution >= 4 is 18.3 Å². The zero-order chi connectivity index (χ0) is 14.3. The number of nitrogens with two attached hydrogens (primary N) is 1. The van der Waals surface area contributed by atoms with Crippen LogP contribution in [0.5, 0.6) is 0 Å². The summed E-state index contributed by atoms with van der Waals surface area (Å²) in [5.41, 5.74) is 9.39. The Morgan fingerprint density at radius 1 is 1.24 bits per heavy atom. The number of likely N-dealkylation sites (tertiary alicyclic amines) is 1. The van der Waals surface area contributed by atoms with Crippen LogP contribution in [0.4, 0.5) is 0 Å². The van der Waals surface area contributed by atoms with Crippen LogP contribution in [0.2, 0.25) is 0 Å². The Balaban J connectivity index is 0.00000161. The number of rotatable bonds is 1. The van der Waals surface area contributed by atoms with E-state index in [0.29, 0.717) is 11.8 Å². The molecule has 1 aliphatic heterocycles. The van der Waals surface area contributed by atoms with E-state index in [4.69, 9.17) is 5.73 Å². The predicted molar refractivity (Wildman–Crippen MR) is 87.9 cm³/mol. The molecule has 116 valence electrons. The number of benzene rings is 1. The van der Waals surface area contributed by atoms with Gasteiger partial charge in [0.1, 0.15) is 0 Å². The molecule has 1 saturated heterocycles. The van der Waals surface area contributed by atoms with Crippen molar-refractivity contribution in [3.63, 3.8) is 0 Å². The lowest BCUT2D eigenvalue weighted by Gasteiger charge is -2.29. The zero-order valence-electron chi connectivity index (χ0n) is 12.8. The fraction of sp³-hybridized carbons (Fsp3) is 0.588. The van der Waals surface area contributed by atoms with Crippen molar-refractivity contribution in [2.75, 3.05) is 13.1 Å². The van der Waals surface area contributed by atoms with Crippen LogP contribution in [0.1, 0.15) is 40.7 Å². The summed E-state index contributed by atoms with van der Waals surface area (Å²) in [5.74, 6) is 1.32. The van der Waals surface area contributed by atoms with E-state index >= 15 is 0 Å². The average Bonchev–Trinajstić information content (AvgIpc) is 2.87. The minimum absolute atomic E-state index is 0. The summed E-state index contributed by atoms with van der Waals surface area (Å²) in [7, 11) is 0. The lowest BCUT2D eigenvalue weighted by molar-refractivity contribution is 0.0782. The molecule has 1 aliphatic carbocycles. The Kier molecular flexibility index (Phi) is 4.95. The first-order valence-corrected chi connectivity index (χ1v) is 7.69. The molecule has 21 heavy (non-hydrogen) atoms. The van der Waals surface area contributed by atoms with Crippen LogP contribution >= 0.6 is 12.4 Å². The average molecular weight is 309 g/mol. The smallest absolute Gasteiger partial charge is 0.254 e. The van der Waals surface area contributed by atoms with Gasteiger partial charge in [0, 0.05) is 24.7 Å². The first-order chi connectivity index (χ1) is 9.58. The van der Waals surface area contributed by atoms with Gasteiger partial charge in [0.15, 0.2) is 0 Å². The molecular weight excluding hydrogens is 284 g/mol. The Bertz CT molecular complexity index is 532. The van der Waals surface area contributed by atoms with Crippen molar-refractivity contribution in [1.82, 2.24) is 4.90 Å². The number of carbonyl (C=O) groups excluding carboxylic acids is 1. The summed E-state index contributed by atoms with van der Waals surface area (Å²) in [6.07, 6.45) is 3.56. The SMILES string of the molecule is Cc1cccc(C(=O)N2CC3CCCC(N)C3C2)c1C.Cl. The van der Waals surface area contributed by atoms with Crippen LogP contribution in [0.25, 0.3) is 0 Å². The molecule has 1 aromatic rings. The molecule has 1 aromatic carbocycles. The zero-order valence-corrected chi connectivity index (χ0v) is 13.7. The van der Waals surface area contributed by atoms with Gasteiger partial charge in [-0.3, -0.25) is 4.79 Å². The molecule has 2 fully saturated rings. The minimum Gasteiger partial charge on any atom is -0.338 e. The topological polar surface area (TPSA) is 46.3 Å². The van der Waals surface area contributed by atoms with Gasteiger partial charge in [-0.1, -0.05) is 18.6 Å². The van der Waals surface area contributed by atoms with Gasteiger partial charge in [-0.05, 0) is 55.7 Å². The minimum atomic E-state index is 0. The normalized spacial score (nSPS) is 28.0. The van der Waals surface area contributed by atoms with Crippen molar-refractivity contribution in [2.45, 2.75) is 39.2 Å². The summed E-state index contributed by atoms with van der Waals surface area (Å²) in [4.78, 5) is 14.8. The Labute approximate surface area is 133 Å². The molecule has 2 N–H and O–H groups in total. The van der Waals surface area contributed by atoms with E-state index in [9.17, 15) is 4.79 Å². The van der Waals surface area contributed by atoms with Gasteiger partial charge in [0.05, 0.1) is 0 Å². The van der Waals surface area contributed by atoms with Crippen molar-refractivity contribution in [3.05, 3.63) is 34.9 Å². The number of carbonyl (C=O) groups is 1. The Morgan fingerprint density at radius 3 is 2.71 bits per heavy atom. The third-order valence-corrected chi connectivity index (χ3v) is 5.28. The van der Waals surface area contributed by atoms with Crippen LogP contribution in [0.15, 0.2) is 18.2 Å². The molecular formula is C17H25ClN2O. The summed E-state index contributed by atoms with van der Waals surface area (Å²) in [6.45, 7) is 5.84. The quantitative estimate of drug-likeness (QED) is 0.867. The van der Waals surface area contributed by atoms with Gasteiger partial charge in [0.25, 0.3) is 5.91 Å². The van der Waals surface area contributed by atoms with Crippen molar-refractivity contribution in [2.24, 2.45) is 17.6 Å². The van der Waals surface area contributed by atoms with Gasteiger partial charge in [-0.15, -0.1) is 12.4 Å². The Morgan fingerprint density at radius 2 is 2.00 bits per heavy atom. The van der Waals surface area contributed by atoms with Crippen LogP contribution in [0.3, 0.4) is 0 Å². The molecule has 1 saturated carbocycles. The molecule has 0 aromatic heterocycles. The van der Waals surface area contributed by atoms with Crippen LogP contribution in [-0.2, 0) is 0 Å². The van der Waals surface area contributed by atoms with Crippen LogP contribution in [-0.4, -0.2) is 29.9 Å². The fourth-order valence-corrected chi connectivity index (χ4v) is 3.84. The van der Waals surface area contributed by atoms with Crippen molar-refractivity contribution < 1.29 is 4.79 Å². The Hall–Kier alpha value is -1.06. The summed E-state index contributed by atoms with van der Waals surface area (Å²) < 4.78 is 0. The number of nitrogens with zero attached hydrogens (tertiary/aromatic N) is 1. The molecule has 0 radical (unpaired) electrons. The second-order valence-corrected chi connectivity index (χ2v) is 6.48. The summed E-state index contributed by atoms with van der Waals surface area (Å²) in [5, 5.41) is 0. The third kappa shape index (κ3) is 2.95. The maximum Gasteiger partial charge on any atom is 0.254 e. The van der Waals surface area contributed by atoms with E-state index in [2.05, 4.69) is 13.0 Å². The highest BCUT2D eigenvalue weighted by molar-refractivity contribution is 5.96. The van der Waals surface area contributed by atoms with E-state index in [1.54, 1.807) is 0 Å². The second-order valence-electron chi connectivity index (χ2n) is 6.48. The number of fused-ring (bicyclic) bond motifs is 1. The maximum atomic E-state index is 12.8. The highest BCUT2D eigenvalue weighted by Crippen LogP contribution is 2.36. The summed E-state index contributed by atoms with van der Waals surface area (Å²) >= 11 is 0. The molecule has 0 spiro atoms. The third-order valence-electron chi connectivity index (χ3n) is 5.28. The molecule has 0 bridgehead atoms. The van der Waals surface area contributed by atoms with E-state index in [1.807, 2.05) is 24.0 Å². The van der Waals surface area contributed by atoms with Gasteiger partial charge < -0.3 is 10.6 Å². The van der Waals surface area contributed by atoms with E-state index in [-0.39, 0.29) is 24.4 Å².